The van der Waals surface area contributed by atoms with Gasteiger partial charge < -0.3 is 20.3 Å². The summed E-state index contributed by atoms with van der Waals surface area (Å²) in [7, 11) is 1.81. The van der Waals surface area contributed by atoms with Crippen molar-refractivity contribution in [1.29, 1.82) is 0 Å². The molecule has 1 heterocycles. The Labute approximate surface area is 143 Å². The lowest BCUT2D eigenvalue weighted by molar-refractivity contribution is 0.0160. The van der Waals surface area contributed by atoms with Crippen molar-refractivity contribution in [3.8, 4) is 0 Å². The summed E-state index contributed by atoms with van der Waals surface area (Å²) in [6.07, 6.45) is 1.21. The zero-order valence-corrected chi connectivity index (χ0v) is 14.9. The quantitative estimate of drug-likeness (QED) is 0.844. The van der Waals surface area contributed by atoms with E-state index in [1.165, 1.54) is 0 Å². The zero-order chi connectivity index (χ0) is 17.9. The van der Waals surface area contributed by atoms with Crippen molar-refractivity contribution in [1.82, 2.24) is 9.80 Å². The van der Waals surface area contributed by atoms with Gasteiger partial charge in [0.2, 0.25) is 0 Å². The van der Waals surface area contributed by atoms with Gasteiger partial charge in [-0.25, -0.2) is 4.79 Å². The number of anilines is 1. The van der Waals surface area contributed by atoms with Gasteiger partial charge in [-0.15, -0.1) is 0 Å². The molecule has 1 saturated heterocycles. The van der Waals surface area contributed by atoms with Crippen LogP contribution in [0.25, 0.3) is 0 Å². The molecule has 1 aliphatic rings. The van der Waals surface area contributed by atoms with E-state index >= 15 is 0 Å². The smallest absolute Gasteiger partial charge is 0.410 e. The molecular weight excluding hydrogens is 306 g/mol. The Morgan fingerprint density at radius 1 is 1.17 bits per heavy atom. The summed E-state index contributed by atoms with van der Waals surface area (Å²) >= 11 is 0. The lowest BCUT2D eigenvalue weighted by Gasteiger charge is -2.37. The minimum absolute atomic E-state index is 0.0225. The molecule has 1 aromatic rings. The van der Waals surface area contributed by atoms with Crippen LogP contribution in [0, 0.1) is 0 Å². The number of likely N-dealkylation sites (tertiary alicyclic amines) is 1. The largest absolute Gasteiger partial charge is 0.444 e. The van der Waals surface area contributed by atoms with Gasteiger partial charge in [0.05, 0.1) is 0 Å². The van der Waals surface area contributed by atoms with Crippen LogP contribution in [0.15, 0.2) is 24.3 Å². The maximum absolute atomic E-state index is 12.5. The van der Waals surface area contributed by atoms with E-state index in [2.05, 4.69) is 0 Å². The van der Waals surface area contributed by atoms with E-state index < -0.39 is 5.60 Å². The number of carbonyl (C=O) groups is 2. The molecule has 0 aromatic heterocycles. The third-order valence-corrected chi connectivity index (χ3v) is 4.14. The standard InChI is InChI=1S/C18H27N3O3/c1-18(2,3)24-17(23)21-11-9-15(10-12-21)20(4)16(22)13-5-7-14(19)8-6-13/h5-8,15H,9-12,19H2,1-4H3. The summed E-state index contributed by atoms with van der Waals surface area (Å²) in [6, 6.07) is 7.06. The summed E-state index contributed by atoms with van der Waals surface area (Å²) in [5.41, 5.74) is 6.43. The van der Waals surface area contributed by atoms with Crippen LogP contribution < -0.4 is 5.73 Å². The van der Waals surface area contributed by atoms with E-state index in [1.807, 2.05) is 27.8 Å². The maximum atomic E-state index is 12.5. The third-order valence-electron chi connectivity index (χ3n) is 4.14. The van der Waals surface area contributed by atoms with Gasteiger partial charge in [-0.3, -0.25) is 4.79 Å². The van der Waals surface area contributed by atoms with Gasteiger partial charge in [-0.2, -0.15) is 0 Å². The summed E-state index contributed by atoms with van der Waals surface area (Å²) in [5.74, 6) is -0.0225. The molecule has 0 radical (unpaired) electrons. The van der Waals surface area contributed by atoms with E-state index in [4.69, 9.17) is 10.5 Å². The van der Waals surface area contributed by atoms with Gasteiger partial charge in [0.1, 0.15) is 5.60 Å². The predicted molar refractivity (Wildman–Crippen MR) is 93.8 cm³/mol. The van der Waals surface area contributed by atoms with Gasteiger partial charge in [0.15, 0.2) is 0 Å². The van der Waals surface area contributed by atoms with Crippen molar-refractivity contribution in [3.05, 3.63) is 29.8 Å². The Balaban J connectivity index is 1.90. The fourth-order valence-electron chi connectivity index (χ4n) is 2.76. The first kappa shape index (κ1) is 18.1. The molecule has 0 saturated carbocycles. The van der Waals surface area contributed by atoms with Gasteiger partial charge in [0, 0.05) is 37.4 Å². The van der Waals surface area contributed by atoms with Crippen LogP contribution in [0.1, 0.15) is 44.0 Å². The van der Waals surface area contributed by atoms with Crippen molar-refractivity contribution < 1.29 is 14.3 Å². The third kappa shape index (κ3) is 4.63. The van der Waals surface area contributed by atoms with E-state index in [1.54, 1.807) is 34.1 Å². The molecule has 0 aliphatic carbocycles. The average Bonchev–Trinajstić information content (AvgIpc) is 2.53. The number of nitrogen functional groups attached to an aromatic ring is 1. The summed E-state index contributed by atoms with van der Waals surface area (Å²) < 4.78 is 5.40. The first-order valence-corrected chi connectivity index (χ1v) is 8.28. The molecule has 0 atom stereocenters. The number of nitrogens with zero attached hydrogens (tertiary/aromatic N) is 2. The molecule has 0 unspecified atom stereocenters. The molecular formula is C18H27N3O3. The summed E-state index contributed by atoms with van der Waals surface area (Å²) in [6.45, 7) is 6.77. The van der Waals surface area contributed by atoms with Crippen molar-refractivity contribution in [2.45, 2.75) is 45.3 Å². The molecule has 1 aromatic carbocycles. The first-order chi connectivity index (χ1) is 11.2. The second-order valence-electron chi connectivity index (χ2n) is 7.24. The Morgan fingerprint density at radius 2 is 1.71 bits per heavy atom. The highest BCUT2D eigenvalue weighted by Gasteiger charge is 2.30. The fraction of sp³-hybridized carbons (Fsp3) is 0.556. The predicted octanol–water partition coefficient (Wildman–Crippen LogP) is 2.74. The number of rotatable bonds is 2. The second-order valence-corrected chi connectivity index (χ2v) is 7.24. The second kappa shape index (κ2) is 7.11. The molecule has 24 heavy (non-hydrogen) atoms. The molecule has 6 nitrogen and oxygen atoms in total. The Hall–Kier alpha value is -2.24. The molecule has 2 rings (SSSR count). The summed E-state index contributed by atoms with van der Waals surface area (Å²) in [4.78, 5) is 28.1. The number of piperidine rings is 1. The number of nitrogens with two attached hydrogens (primary N) is 1. The molecule has 2 N–H and O–H groups in total. The van der Waals surface area contributed by atoms with Gasteiger partial charge in [-0.1, -0.05) is 0 Å². The van der Waals surface area contributed by atoms with Crippen LogP contribution in [-0.2, 0) is 4.74 Å². The maximum Gasteiger partial charge on any atom is 0.410 e. The molecule has 0 bridgehead atoms. The van der Waals surface area contributed by atoms with E-state index in [9.17, 15) is 9.59 Å². The highest BCUT2D eigenvalue weighted by Crippen LogP contribution is 2.20. The van der Waals surface area contributed by atoms with Crippen LogP contribution >= 0.6 is 0 Å². The van der Waals surface area contributed by atoms with Gasteiger partial charge in [0.25, 0.3) is 5.91 Å². The molecule has 132 valence electrons. The van der Waals surface area contributed by atoms with E-state index in [0.717, 1.165) is 12.8 Å². The molecule has 2 amide bonds. The lowest BCUT2D eigenvalue weighted by Crippen LogP contribution is -2.48. The number of hydrogen-bond donors (Lipinski definition) is 1. The monoisotopic (exact) mass is 333 g/mol. The van der Waals surface area contributed by atoms with Crippen molar-refractivity contribution in [2.24, 2.45) is 0 Å². The molecule has 1 fully saturated rings. The lowest BCUT2D eigenvalue weighted by atomic mass is 10.0. The normalized spacial score (nSPS) is 15.9. The van der Waals surface area contributed by atoms with Crippen LogP contribution in [0.2, 0.25) is 0 Å². The topological polar surface area (TPSA) is 75.9 Å². The van der Waals surface area contributed by atoms with E-state index in [-0.39, 0.29) is 18.0 Å². The van der Waals surface area contributed by atoms with Gasteiger partial charge >= 0.3 is 6.09 Å². The Kier molecular flexibility index (Phi) is 5.36. The van der Waals surface area contributed by atoms with Crippen molar-refractivity contribution in [2.75, 3.05) is 25.9 Å². The minimum Gasteiger partial charge on any atom is -0.444 e. The van der Waals surface area contributed by atoms with Crippen LogP contribution in [0.4, 0.5) is 10.5 Å². The number of ether oxygens (including phenoxy) is 1. The highest BCUT2D eigenvalue weighted by molar-refractivity contribution is 5.94. The van der Waals surface area contributed by atoms with Crippen molar-refractivity contribution in [3.63, 3.8) is 0 Å². The zero-order valence-electron chi connectivity index (χ0n) is 14.9. The van der Waals surface area contributed by atoms with Crippen LogP contribution in [0.5, 0.6) is 0 Å². The number of carbonyl (C=O) groups excluding carboxylic acids is 2. The minimum atomic E-state index is -0.490. The van der Waals surface area contributed by atoms with Crippen molar-refractivity contribution >= 4 is 17.7 Å². The van der Waals surface area contributed by atoms with Gasteiger partial charge in [-0.05, 0) is 57.9 Å². The SMILES string of the molecule is CN(C(=O)c1ccc(N)cc1)C1CCN(C(=O)OC(C)(C)C)CC1. The van der Waals surface area contributed by atoms with Crippen LogP contribution in [0.3, 0.4) is 0 Å². The van der Waals surface area contributed by atoms with E-state index in [0.29, 0.717) is 24.3 Å². The van der Waals surface area contributed by atoms with Crippen LogP contribution in [-0.4, -0.2) is 53.6 Å². The number of benzene rings is 1. The summed E-state index contributed by atoms with van der Waals surface area (Å²) in [5, 5.41) is 0. The Bertz CT molecular complexity index is 585. The number of amides is 2. The average molecular weight is 333 g/mol. The first-order valence-electron chi connectivity index (χ1n) is 8.28. The molecule has 0 spiro atoms. The fourth-order valence-corrected chi connectivity index (χ4v) is 2.76. The molecule has 1 aliphatic heterocycles. The Morgan fingerprint density at radius 3 is 2.21 bits per heavy atom. The highest BCUT2D eigenvalue weighted by atomic mass is 16.6. The number of hydrogen-bond acceptors (Lipinski definition) is 4. The molecule has 6 heteroatoms.